The molecule has 1 aromatic rings. The van der Waals surface area contributed by atoms with Gasteiger partial charge in [0.2, 0.25) is 0 Å². The van der Waals surface area contributed by atoms with Crippen molar-refractivity contribution in [3.8, 4) is 0 Å². The third-order valence-electron chi connectivity index (χ3n) is 2.74. The number of aromatic amines is 1. The first-order valence-electron chi connectivity index (χ1n) is 5.25. The second-order valence-electron chi connectivity index (χ2n) is 4.08. The van der Waals surface area contributed by atoms with E-state index in [0.717, 1.165) is 5.69 Å². The molecule has 0 unspecified atom stereocenters. The van der Waals surface area contributed by atoms with Crippen LogP contribution < -0.4 is 5.56 Å². The number of aliphatic hydroxyl groups is 1. The minimum atomic E-state index is -0.464. The Balaban J connectivity index is 2.24. The smallest absolute Gasteiger partial charge is 0.260 e. The van der Waals surface area contributed by atoms with Gasteiger partial charge in [0.25, 0.3) is 11.5 Å². The number of aromatic nitrogens is 1. The van der Waals surface area contributed by atoms with Crippen molar-refractivity contribution >= 4 is 5.91 Å². The number of carbonyl (C=O) groups excluding carboxylic acids is 1. The zero-order valence-electron chi connectivity index (χ0n) is 9.06. The highest BCUT2D eigenvalue weighted by Gasteiger charge is 2.26. The van der Waals surface area contributed by atoms with Crippen molar-refractivity contribution in [2.24, 2.45) is 0 Å². The second-order valence-corrected chi connectivity index (χ2v) is 4.08. The van der Waals surface area contributed by atoms with Crippen LogP contribution in [-0.4, -0.2) is 40.1 Å². The van der Waals surface area contributed by atoms with Crippen LogP contribution in [0.1, 0.15) is 22.5 Å². The standard InChI is InChI=1S/C11H14N2O3/c1-7-2-3-9(10(15)12-7)11(16)13-5-4-8(14)6-13/h2-3,8,14H,4-6H2,1H3,(H,12,15)/t8-/m1/s1. The lowest BCUT2D eigenvalue weighted by molar-refractivity contribution is 0.0763. The van der Waals surface area contributed by atoms with E-state index in [9.17, 15) is 14.7 Å². The molecule has 2 rings (SSSR count). The Morgan fingerprint density at radius 3 is 2.88 bits per heavy atom. The molecule has 2 heterocycles. The Morgan fingerprint density at radius 1 is 1.56 bits per heavy atom. The number of nitrogens with one attached hydrogen (secondary N) is 1. The molecule has 0 bridgehead atoms. The number of aliphatic hydroxyl groups excluding tert-OH is 1. The molecule has 0 aromatic carbocycles. The maximum absolute atomic E-state index is 11.9. The van der Waals surface area contributed by atoms with E-state index < -0.39 is 6.10 Å². The van der Waals surface area contributed by atoms with Crippen molar-refractivity contribution in [3.05, 3.63) is 33.7 Å². The molecule has 0 radical (unpaired) electrons. The van der Waals surface area contributed by atoms with Crippen molar-refractivity contribution in [3.63, 3.8) is 0 Å². The number of H-pyrrole nitrogens is 1. The summed E-state index contributed by atoms with van der Waals surface area (Å²) in [4.78, 5) is 27.6. The quantitative estimate of drug-likeness (QED) is 0.696. The number of hydrogen-bond donors (Lipinski definition) is 2. The lowest BCUT2D eigenvalue weighted by atomic mass is 10.2. The van der Waals surface area contributed by atoms with Crippen LogP contribution in [0.2, 0.25) is 0 Å². The average Bonchev–Trinajstić information content (AvgIpc) is 2.64. The van der Waals surface area contributed by atoms with Crippen LogP contribution in [0, 0.1) is 6.92 Å². The molecule has 1 atom stereocenters. The minimum Gasteiger partial charge on any atom is -0.391 e. The van der Waals surface area contributed by atoms with Crippen LogP contribution in [0.15, 0.2) is 16.9 Å². The number of aryl methyl sites for hydroxylation is 1. The van der Waals surface area contributed by atoms with Crippen molar-refractivity contribution in [2.75, 3.05) is 13.1 Å². The molecule has 16 heavy (non-hydrogen) atoms. The van der Waals surface area contributed by atoms with Crippen molar-refractivity contribution in [2.45, 2.75) is 19.4 Å². The fraction of sp³-hybridized carbons (Fsp3) is 0.455. The molecule has 5 nitrogen and oxygen atoms in total. The van der Waals surface area contributed by atoms with Gasteiger partial charge in [-0.15, -0.1) is 0 Å². The Hall–Kier alpha value is -1.62. The van der Waals surface area contributed by atoms with Gasteiger partial charge in [0.1, 0.15) is 5.56 Å². The number of β-amino-alcohol motifs (C(OH)–C–C–N with tert-alkyl or cyclic N) is 1. The van der Waals surface area contributed by atoms with Crippen LogP contribution in [-0.2, 0) is 0 Å². The first-order valence-corrected chi connectivity index (χ1v) is 5.25. The fourth-order valence-corrected chi connectivity index (χ4v) is 1.84. The van der Waals surface area contributed by atoms with Gasteiger partial charge >= 0.3 is 0 Å². The fourth-order valence-electron chi connectivity index (χ4n) is 1.84. The molecule has 0 saturated carbocycles. The summed E-state index contributed by atoms with van der Waals surface area (Å²) in [5.41, 5.74) is 0.495. The Labute approximate surface area is 92.7 Å². The van der Waals surface area contributed by atoms with E-state index in [1.807, 2.05) is 0 Å². The molecule has 2 N–H and O–H groups in total. The Bertz CT molecular complexity index is 467. The third kappa shape index (κ3) is 1.99. The lowest BCUT2D eigenvalue weighted by Crippen LogP contribution is -2.33. The normalized spacial score (nSPS) is 20.1. The zero-order valence-corrected chi connectivity index (χ0v) is 9.06. The highest BCUT2D eigenvalue weighted by atomic mass is 16.3. The van der Waals surface area contributed by atoms with Crippen molar-refractivity contribution in [1.29, 1.82) is 0 Å². The van der Waals surface area contributed by atoms with Gasteiger partial charge < -0.3 is 15.0 Å². The summed E-state index contributed by atoms with van der Waals surface area (Å²) in [6.07, 6.45) is 0.115. The molecule has 1 fully saturated rings. The van der Waals surface area contributed by atoms with Gasteiger partial charge in [-0.2, -0.15) is 0 Å². The van der Waals surface area contributed by atoms with Gasteiger partial charge in [0.15, 0.2) is 0 Å². The molecular formula is C11H14N2O3. The second kappa shape index (κ2) is 4.09. The van der Waals surface area contributed by atoms with Crippen LogP contribution in [0.3, 0.4) is 0 Å². The first-order chi connectivity index (χ1) is 7.58. The van der Waals surface area contributed by atoms with E-state index in [1.165, 1.54) is 11.0 Å². The molecule has 5 heteroatoms. The first kappa shape index (κ1) is 10.9. The van der Waals surface area contributed by atoms with E-state index in [4.69, 9.17) is 0 Å². The number of nitrogens with zero attached hydrogens (tertiary/aromatic N) is 1. The number of pyridine rings is 1. The van der Waals surface area contributed by atoms with Crippen LogP contribution >= 0.6 is 0 Å². The highest BCUT2D eigenvalue weighted by Crippen LogP contribution is 2.11. The third-order valence-corrected chi connectivity index (χ3v) is 2.74. The maximum Gasteiger partial charge on any atom is 0.260 e. The summed E-state index contributed by atoms with van der Waals surface area (Å²) in [6, 6.07) is 3.22. The van der Waals surface area contributed by atoms with E-state index in [2.05, 4.69) is 4.98 Å². The molecule has 0 aliphatic carbocycles. The number of rotatable bonds is 1. The topological polar surface area (TPSA) is 73.4 Å². The summed E-state index contributed by atoms with van der Waals surface area (Å²) in [5, 5.41) is 9.33. The Kier molecular flexibility index (Phi) is 2.78. The maximum atomic E-state index is 11.9. The molecular weight excluding hydrogens is 208 g/mol. The van der Waals surface area contributed by atoms with Gasteiger partial charge in [-0.05, 0) is 25.5 Å². The minimum absolute atomic E-state index is 0.139. The SMILES string of the molecule is Cc1ccc(C(=O)N2CC[C@@H](O)C2)c(=O)[nH]1. The summed E-state index contributed by atoms with van der Waals surface area (Å²) < 4.78 is 0. The number of amides is 1. The average molecular weight is 222 g/mol. The van der Waals surface area contributed by atoms with E-state index in [-0.39, 0.29) is 17.0 Å². The molecule has 1 amide bonds. The molecule has 1 aliphatic heterocycles. The summed E-state index contributed by atoms with van der Waals surface area (Å²) in [6.45, 7) is 2.58. The van der Waals surface area contributed by atoms with E-state index >= 15 is 0 Å². The van der Waals surface area contributed by atoms with E-state index in [0.29, 0.717) is 19.5 Å². The molecule has 1 saturated heterocycles. The lowest BCUT2D eigenvalue weighted by Gasteiger charge is -2.14. The zero-order chi connectivity index (χ0) is 11.7. The molecule has 0 spiro atoms. The number of likely N-dealkylation sites (tertiary alicyclic amines) is 1. The van der Waals surface area contributed by atoms with Gasteiger partial charge in [-0.1, -0.05) is 0 Å². The predicted octanol–water partition coefficient (Wildman–Crippen LogP) is -0.110. The largest absolute Gasteiger partial charge is 0.391 e. The number of carbonyl (C=O) groups is 1. The molecule has 1 aromatic heterocycles. The molecule has 1 aliphatic rings. The number of hydrogen-bond acceptors (Lipinski definition) is 3. The van der Waals surface area contributed by atoms with Gasteiger partial charge in [-0.3, -0.25) is 9.59 Å². The van der Waals surface area contributed by atoms with Crippen LogP contribution in [0.4, 0.5) is 0 Å². The monoisotopic (exact) mass is 222 g/mol. The summed E-state index contributed by atoms with van der Waals surface area (Å²) in [5.74, 6) is -0.308. The van der Waals surface area contributed by atoms with Crippen molar-refractivity contribution < 1.29 is 9.90 Å². The van der Waals surface area contributed by atoms with Crippen LogP contribution in [0.5, 0.6) is 0 Å². The van der Waals surface area contributed by atoms with Crippen LogP contribution in [0.25, 0.3) is 0 Å². The van der Waals surface area contributed by atoms with Crippen molar-refractivity contribution in [1.82, 2.24) is 9.88 Å². The predicted molar refractivity (Wildman–Crippen MR) is 58.3 cm³/mol. The Morgan fingerprint density at radius 2 is 2.31 bits per heavy atom. The highest BCUT2D eigenvalue weighted by molar-refractivity contribution is 5.94. The van der Waals surface area contributed by atoms with Gasteiger partial charge in [0, 0.05) is 18.8 Å². The van der Waals surface area contributed by atoms with Gasteiger partial charge in [-0.25, -0.2) is 0 Å². The van der Waals surface area contributed by atoms with E-state index in [1.54, 1.807) is 13.0 Å². The molecule has 86 valence electrons. The van der Waals surface area contributed by atoms with Gasteiger partial charge in [0.05, 0.1) is 6.10 Å². The summed E-state index contributed by atoms with van der Waals surface area (Å²) in [7, 11) is 0. The summed E-state index contributed by atoms with van der Waals surface area (Å²) >= 11 is 0.